The van der Waals surface area contributed by atoms with Crippen LogP contribution >= 0.6 is 23.2 Å². The molecule has 4 nitrogen and oxygen atoms in total. The van der Waals surface area contributed by atoms with Crippen LogP contribution in [0, 0.1) is 0 Å². The summed E-state index contributed by atoms with van der Waals surface area (Å²) < 4.78 is 0. The minimum atomic E-state index is 0.594. The van der Waals surface area contributed by atoms with Crippen LogP contribution in [0.5, 0.6) is 0 Å². The van der Waals surface area contributed by atoms with Crippen molar-refractivity contribution in [3.8, 4) is 0 Å². The van der Waals surface area contributed by atoms with Gasteiger partial charge < -0.3 is 15.1 Å². The molecule has 4 rings (SSSR count). The lowest BCUT2D eigenvalue weighted by molar-refractivity contribution is 0.240. The Labute approximate surface area is 158 Å². The third-order valence-corrected chi connectivity index (χ3v) is 5.64. The first-order chi connectivity index (χ1) is 12.2. The standard InChI is InChI=1S/C19H22Cl2N4/c20-16-6-5-15(13-17(16)21)25-12-11-24(14-23-9-7-22-8-10-23)18-3-1-2-4-19(18)25/h1-6,13,22H,7-12,14H2. The van der Waals surface area contributed by atoms with Crippen molar-refractivity contribution >= 4 is 40.3 Å². The Bertz CT molecular complexity index is 746. The number of nitrogens with one attached hydrogen (secondary N) is 1. The van der Waals surface area contributed by atoms with Crippen LogP contribution in [-0.2, 0) is 0 Å². The summed E-state index contributed by atoms with van der Waals surface area (Å²) in [5.41, 5.74) is 3.59. The highest BCUT2D eigenvalue weighted by Crippen LogP contribution is 2.39. The van der Waals surface area contributed by atoms with Gasteiger partial charge >= 0.3 is 0 Å². The Morgan fingerprint density at radius 1 is 0.840 bits per heavy atom. The SMILES string of the molecule is Clc1ccc(N2CCN(CN3CCNCC3)c3ccccc32)cc1Cl. The molecular formula is C19H22Cl2N4. The monoisotopic (exact) mass is 376 g/mol. The van der Waals surface area contributed by atoms with E-state index in [1.54, 1.807) is 0 Å². The summed E-state index contributed by atoms with van der Waals surface area (Å²) >= 11 is 12.3. The lowest BCUT2D eigenvalue weighted by atomic mass is 10.1. The van der Waals surface area contributed by atoms with Crippen molar-refractivity contribution in [2.75, 3.05) is 55.7 Å². The van der Waals surface area contributed by atoms with Gasteiger partial charge in [0.25, 0.3) is 0 Å². The highest BCUT2D eigenvalue weighted by molar-refractivity contribution is 6.42. The van der Waals surface area contributed by atoms with Gasteiger partial charge in [-0.15, -0.1) is 0 Å². The summed E-state index contributed by atoms with van der Waals surface area (Å²) in [5, 5.41) is 4.61. The molecular weight excluding hydrogens is 355 g/mol. The third kappa shape index (κ3) is 3.58. The minimum Gasteiger partial charge on any atom is -0.355 e. The molecule has 0 amide bonds. The Hall–Kier alpha value is -1.46. The average molecular weight is 377 g/mol. The van der Waals surface area contributed by atoms with E-state index in [0.29, 0.717) is 10.0 Å². The zero-order valence-corrected chi connectivity index (χ0v) is 15.6. The quantitative estimate of drug-likeness (QED) is 0.878. The summed E-state index contributed by atoms with van der Waals surface area (Å²) in [4.78, 5) is 7.32. The molecule has 2 aliphatic rings. The predicted molar refractivity (Wildman–Crippen MR) is 107 cm³/mol. The molecule has 1 fully saturated rings. The van der Waals surface area contributed by atoms with Crippen LogP contribution in [0.2, 0.25) is 10.0 Å². The topological polar surface area (TPSA) is 21.8 Å². The molecule has 0 aliphatic carbocycles. The molecule has 0 saturated carbocycles. The third-order valence-electron chi connectivity index (χ3n) is 4.90. The van der Waals surface area contributed by atoms with Gasteiger partial charge in [0.05, 0.1) is 28.1 Å². The Kier molecular flexibility index (Phi) is 5.04. The summed E-state index contributed by atoms with van der Waals surface area (Å²) in [7, 11) is 0. The summed E-state index contributed by atoms with van der Waals surface area (Å²) in [6.07, 6.45) is 0. The molecule has 2 aliphatic heterocycles. The van der Waals surface area contributed by atoms with Gasteiger partial charge in [0.2, 0.25) is 0 Å². The molecule has 0 spiro atoms. The van der Waals surface area contributed by atoms with Gasteiger partial charge in [-0.3, -0.25) is 4.90 Å². The molecule has 132 valence electrons. The number of piperazine rings is 1. The van der Waals surface area contributed by atoms with Crippen molar-refractivity contribution in [2.24, 2.45) is 0 Å². The maximum Gasteiger partial charge on any atom is 0.0709 e. The second-order valence-corrected chi connectivity index (χ2v) is 7.33. The largest absolute Gasteiger partial charge is 0.355 e. The molecule has 2 aromatic rings. The highest BCUT2D eigenvalue weighted by Gasteiger charge is 2.25. The predicted octanol–water partition coefficient (Wildman–Crippen LogP) is 3.81. The van der Waals surface area contributed by atoms with Gasteiger partial charge in [-0.05, 0) is 30.3 Å². The summed E-state index contributed by atoms with van der Waals surface area (Å²) in [6, 6.07) is 14.5. The molecule has 0 radical (unpaired) electrons. The molecule has 6 heteroatoms. The fraction of sp³-hybridized carbons (Fsp3) is 0.368. The van der Waals surface area contributed by atoms with E-state index in [2.05, 4.69) is 44.3 Å². The second kappa shape index (κ2) is 7.42. The number of hydrogen-bond donors (Lipinski definition) is 1. The van der Waals surface area contributed by atoms with Crippen molar-refractivity contribution in [1.82, 2.24) is 10.2 Å². The van der Waals surface area contributed by atoms with Crippen LogP contribution in [0.15, 0.2) is 42.5 Å². The molecule has 1 saturated heterocycles. The maximum absolute atomic E-state index is 6.24. The Morgan fingerprint density at radius 2 is 1.60 bits per heavy atom. The van der Waals surface area contributed by atoms with Gasteiger partial charge in [-0.2, -0.15) is 0 Å². The number of nitrogens with zero attached hydrogens (tertiary/aromatic N) is 3. The van der Waals surface area contributed by atoms with Crippen LogP contribution in [0.1, 0.15) is 0 Å². The van der Waals surface area contributed by atoms with Crippen LogP contribution < -0.4 is 15.1 Å². The number of benzene rings is 2. The van der Waals surface area contributed by atoms with Gasteiger partial charge in [0.15, 0.2) is 0 Å². The van der Waals surface area contributed by atoms with Crippen LogP contribution in [0.25, 0.3) is 0 Å². The lowest BCUT2D eigenvalue weighted by Gasteiger charge is -2.41. The molecule has 0 atom stereocenters. The first-order valence-corrected chi connectivity index (χ1v) is 9.47. The number of para-hydroxylation sites is 2. The molecule has 25 heavy (non-hydrogen) atoms. The normalized spacial score (nSPS) is 18.3. The zero-order valence-electron chi connectivity index (χ0n) is 14.1. The van der Waals surface area contributed by atoms with E-state index in [9.17, 15) is 0 Å². The van der Waals surface area contributed by atoms with Crippen molar-refractivity contribution in [3.05, 3.63) is 52.5 Å². The van der Waals surface area contributed by atoms with Crippen molar-refractivity contribution in [2.45, 2.75) is 0 Å². The maximum atomic E-state index is 6.24. The fourth-order valence-electron chi connectivity index (χ4n) is 3.58. The van der Waals surface area contributed by atoms with Crippen molar-refractivity contribution in [1.29, 1.82) is 0 Å². The Morgan fingerprint density at radius 3 is 2.36 bits per heavy atom. The molecule has 0 aromatic heterocycles. The fourth-order valence-corrected chi connectivity index (χ4v) is 3.88. The van der Waals surface area contributed by atoms with E-state index in [1.165, 1.54) is 11.4 Å². The van der Waals surface area contributed by atoms with E-state index in [-0.39, 0.29) is 0 Å². The lowest BCUT2D eigenvalue weighted by Crippen LogP contribution is -2.50. The number of fused-ring (bicyclic) bond motifs is 1. The molecule has 0 unspecified atom stereocenters. The van der Waals surface area contributed by atoms with E-state index in [4.69, 9.17) is 23.2 Å². The van der Waals surface area contributed by atoms with Gasteiger partial charge in [-0.25, -0.2) is 0 Å². The van der Waals surface area contributed by atoms with E-state index in [1.807, 2.05) is 18.2 Å². The van der Waals surface area contributed by atoms with Gasteiger partial charge in [0, 0.05) is 45.0 Å². The molecule has 0 bridgehead atoms. The smallest absolute Gasteiger partial charge is 0.0709 e. The second-order valence-electron chi connectivity index (χ2n) is 6.51. The Balaban J connectivity index is 1.61. The number of halogens is 2. The van der Waals surface area contributed by atoms with Gasteiger partial charge in [-0.1, -0.05) is 35.3 Å². The van der Waals surface area contributed by atoms with Crippen LogP contribution in [-0.4, -0.2) is 50.8 Å². The number of anilines is 3. The van der Waals surface area contributed by atoms with E-state index < -0.39 is 0 Å². The first-order valence-electron chi connectivity index (χ1n) is 8.72. The van der Waals surface area contributed by atoms with E-state index >= 15 is 0 Å². The number of hydrogen-bond acceptors (Lipinski definition) is 4. The average Bonchev–Trinajstić information content (AvgIpc) is 2.65. The molecule has 1 N–H and O–H groups in total. The molecule has 2 aromatic carbocycles. The summed E-state index contributed by atoms with van der Waals surface area (Å²) in [5.74, 6) is 0. The van der Waals surface area contributed by atoms with Crippen LogP contribution in [0.3, 0.4) is 0 Å². The van der Waals surface area contributed by atoms with Crippen molar-refractivity contribution in [3.63, 3.8) is 0 Å². The van der Waals surface area contributed by atoms with E-state index in [0.717, 1.165) is 51.6 Å². The van der Waals surface area contributed by atoms with Crippen molar-refractivity contribution < 1.29 is 0 Å². The summed E-state index contributed by atoms with van der Waals surface area (Å²) in [6.45, 7) is 7.26. The zero-order chi connectivity index (χ0) is 17.2. The van der Waals surface area contributed by atoms with Crippen LogP contribution in [0.4, 0.5) is 17.1 Å². The molecule has 2 heterocycles. The number of rotatable bonds is 3. The minimum absolute atomic E-state index is 0.594. The van der Waals surface area contributed by atoms with Gasteiger partial charge in [0.1, 0.15) is 0 Å². The highest BCUT2D eigenvalue weighted by atomic mass is 35.5. The first kappa shape index (κ1) is 17.0.